The van der Waals surface area contributed by atoms with Crippen molar-refractivity contribution in [3.8, 4) is 17.0 Å². The molecule has 19 heavy (non-hydrogen) atoms. The van der Waals surface area contributed by atoms with Crippen molar-refractivity contribution >= 4 is 5.97 Å². The topological polar surface area (TPSA) is 77.2 Å². The summed E-state index contributed by atoms with van der Waals surface area (Å²) < 4.78 is 6.58. The predicted molar refractivity (Wildman–Crippen MR) is 69.0 cm³/mol. The van der Waals surface area contributed by atoms with Crippen molar-refractivity contribution in [1.82, 2.24) is 15.0 Å². The molecule has 1 heterocycles. The van der Waals surface area contributed by atoms with Crippen LogP contribution in [0, 0.1) is 0 Å². The first kappa shape index (κ1) is 13.1. The number of ether oxygens (including phenoxy) is 1. The lowest BCUT2D eigenvalue weighted by Crippen LogP contribution is -2.36. The molecular weight excluding hydrogens is 246 g/mol. The summed E-state index contributed by atoms with van der Waals surface area (Å²) in [5, 5.41) is 17.1. The van der Waals surface area contributed by atoms with E-state index in [4.69, 9.17) is 9.84 Å². The second kappa shape index (κ2) is 4.72. The van der Waals surface area contributed by atoms with Crippen LogP contribution in [0.5, 0.6) is 5.75 Å². The fourth-order valence-electron chi connectivity index (χ4n) is 1.61. The zero-order valence-corrected chi connectivity index (χ0v) is 11.0. The molecular formula is C13H15N3O3. The van der Waals surface area contributed by atoms with Gasteiger partial charge < -0.3 is 9.84 Å². The maximum Gasteiger partial charge on any atom is 0.331 e. The number of aromatic nitrogens is 3. The lowest BCUT2D eigenvalue weighted by molar-refractivity contribution is -0.146. The molecule has 0 bridgehead atoms. The minimum absolute atomic E-state index is 0.576. The van der Waals surface area contributed by atoms with E-state index in [9.17, 15) is 4.79 Å². The van der Waals surface area contributed by atoms with Gasteiger partial charge in [-0.25, -0.2) is 9.48 Å². The number of methoxy groups -OCH3 is 1. The summed E-state index contributed by atoms with van der Waals surface area (Å²) >= 11 is 0. The highest BCUT2D eigenvalue weighted by atomic mass is 16.5. The van der Waals surface area contributed by atoms with E-state index in [1.807, 2.05) is 24.3 Å². The maximum absolute atomic E-state index is 11.2. The molecule has 2 rings (SSSR count). The monoisotopic (exact) mass is 261 g/mol. The van der Waals surface area contributed by atoms with Gasteiger partial charge in [0, 0.05) is 5.56 Å². The maximum atomic E-state index is 11.2. The molecule has 0 fully saturated rings. The van der Waals surface area contributed by atoms with Crippen LogP contribution in [0.3, 0.4) is 0 Å². The van der Waals surface area contributed by atoms with Crippen LogP contribution in [-0.2, 0) is 10.3 Å². The Labute approximate surface area is 110 Å². The Bertz CT molecular complexity index is 605. The highest BCUT2D eigenvalue weighted by Crippen LogP contribution is 2.28. The van der Waals surface area contributed by atoms with Crippen LogP contribution in [0.2, 0.25) is 0 Å². The summed E-state index contributed by atoms with van der Waals surface area (Å²) in [6.45, 7) is 3.13. The predicted octanol–water partition coefficient (Wildman–Crippen LogP) is 1.77. The van der Waals surface area contributed by atoms with E-state index >= 15 is 0 Å². The number of carboxylic acids is 1. The Morgan fingerprint density at radius 3 is 2.68 bits per heavy atom. The number of rotatable bonds is 4. The third-order valence-electron chi connectivity index (χ3n) is 2.97. The molecule has 1 aromatic carbocycles. The number of hydrogen-bond donors (Lipinski definition) is 1. The molecule has 100 valence electrons. The van der Waals surface area contributed by atoms with Crippen LogP contribution < -0.4 is 4.74 Å². The molecule has 1 aromatic heterocycles. The molecule has 0 radical (unpaired) electrons. The second-order valence-corrected chi connectivity index (χ2v) is 4.61. The van der Waals surface area contributed by atoms with E-state index in [2.05, 4.69) is 10.3 Å². The first-order valence-electron chi connectivity index (χ1n) is 5.76. The summed E-state index contributed by atoms with van der Waals surface area (Å²) in [4.78, 5) is 11.2. The Hall–Kier alpha value is -2.37. The van der Waals surface area contributed by atoms with Gasteiger partial charge >= 0.3 is 5.97 Å². The SMILES string of the molecule is COc1ccccc1-c1cn(C(C)(C)C(=O)O)nn1. The van der Waals surface area contributed by atoms with Crippen LogP contribution in [0.15, 0.2) is 30.5 Å². The second-order valence-electron chi connectivity index (χ2n) is 4.61. The smallest absolute Gasteiger partial charge is 0.331 e. The van der Waals surface area contributed by atoms with Gasteiger partial charge in [0.2, 0.25) is 0 Å². The molecule has 1 N–H and O–H groups in total. The van der Waals surface area contributed by atoms with Gasteiger partial charge in [-0.2, -0.15) is 0 Å². The third-order valence-corrected chi connectivity index (χ3v) is 2.97. The van der Waals surface area contributed by atoms with Crippen LogP contribution in [-0.4, -0.2) is 33.2 Å². The van der Waals surface area contributed by atoms with E-state index < -0.39 is 11.5 Å². The summed E-state index contributed by atoms with van der Waals surface area (Å²) in [6.07, 6.45) is 1.60. The quantitative estimate of drug-likeness (QED) is 0.907. The van der Waals surface area contributed by atoms with Crippen molar-refractivity contribution in [1.29, 1.82) is 0 Å². The molecule has 0 aliphatic carbocycles. The summed E-state index contributed by atoms with van der Waals surface area (Å²) in [7, 11) is 1.57. The van der Waals surface area contributed by atoms with Crippen molar-refractivity contribution in [3.63, 3.8) is 0 Å². The molecule has 0 amide bonds. The molecule has 6 heteroatoms. The fraction of sp³-hybridized carbons (Fsp3) is 0.308. The van der Waals surface area contributed by atoms with E-state index in [-0.39, 0.29) is 0 Å². The van der Waals surface area contributed by atoms with E-state index in [0.717, 1.165) is 5.56 Å². The van der Waals surface area contributed by atoms with Crippen molar-refractivity contribution in [3.05, 3.63) is 30.5 Å². The molecule has 0 spiro atoms. The average Bonchev–Trinajstić information content (AvgIpc) is 2.88. The number of aliphatic carboxylic acids is 1. The van der Waals surface area contributed by atoms with Crippen molar-refractivity contribution in [2.24, 2.45) is 0 Å². The molecule has 0 aliphatic rings. The molecule has 0 saturated heterocycles. The van der Waals surface area contributed by atoms with Crippen molar-refractivity contribution in [2.45, 2.75) is 19.4 Å². The lowest BCUT2D eigenvalue weighted by Gasteiger charge is -2.18. The lowest BCUT2D eigenvalue weighted by atomic mass is 10.1. The van der Waals surface area contributed by atoms with Gasteiger partial charge in [-0.1, -0.05) is 17.3 Å². The van der Waals surface area contributed by atoms with E-state index in [0.29, 0.717) is 11.4 Å². The number of carbonyl (C=O) groups is 1. The summed E-state index contributed by atoms with van der Waals surface area (Å²) in [6, 6.07) is 7.38. The Morgan fingerprint density at radius 2 is 2.05 bits per heavy atom. The van der Waals surface area contributed by atoms with Gasteiger partial charge in [-0.05, 0) is 26.0 Å². The van der Waals surface area contributed by atoms with Gasteiger partial charge in [0.05, 0.1) is 13.3 Å². The fourth-order valence-corrected chi connectivity index (χ4v) is 1.61. The number of benzene rings is 1. The Kier molecular flexibility index (Phi) is 3.25. The molecule has 0 saturated carbocycles. The highest BCUT2D eigenvalue weighted by molar-refractivity contribution is 5.76. The minimum atomic E-state index is -1.15. The van der Waals surface area contributed by atoms with Gasteiger partial charge in [-0.3, -0.25) is 0 Å². The van der Waals surface area contributed by atoms with Crippen LogP contribution >= 0.6 is 0 Å². The normalized spacial score (nSPS) is 11.3. The van der Waals surface area contributed by atoms with E-state index in [1.54, 1.807) is 27.2 Å². The summed E-state index contributed by atoms with van der Waals surface area (Å²) in [5.74, 6) is -0.299. The van der Waals surface area contributed by atoms with Gasteiger partial charge in [0.25, 0.3) is 0 Å². The highest BCUT2D eigenvalue weighted by Gasteiger charge is 2.31. The average molecular weight is 261 g/mol. The number of carboxylic acid groups (broad SMARTS) is 1. The Balaban J connectivity index is 2.44. The Morgan fingerprint density at radius 1 is 1.37 bits per heavy atom. The molecule has 2 aromatic rings. The first-order chi connectivity index (χ1) is 8.96. The zero-order valence-electron chi connectivity index (χ0n) is 11.0. The van der Waals surface area contributed by atoms with Gasteiger partial charge in [-0.15, -0.1) is 5.10 Å². The molecule has 0 unspecified atom stereocenters. The minimum Gasteiger partial charge on any atom is -0.496 e. The third kappa shape index (κ3) is 2.29. The number of para-hydroxylation sites is 1. The standard InChI is InChI=1S/C13H15N3O3/c1-13(2,12(17)18)16-8-10(14-15-16)9-6-4-5-7-11(9)19-3/h4-8H,1-3H3,(H,17,18). The van der Waals surface area contributed by atoms with Crippen LogP contribution in [0.1, 0.15) is 13.8 Å². The zero-order chi connectivity index (χ0) is 14.0. The van der Waals surface area contributed by atoms with Gasteiger partial charge in [0.1, 0.15) is 11.4 Å². The van der Waals surface area contributed by atoms with Crippen molar-refractivity contribution < 1.29 is 14.6 Å². The number of hydrogen-bond acceptors (Lipinski definition) is 4. The first-order valence-corrected chi connectivity index (χ1v) is 5.76. The van der Waals surface area contributed by atoms with Crippen LogP contribution in [0.4, 0.5) is 0 Å². The van der Waals surface area contributed by atoms with Crippen molar-refractivity contribution in [2.75, 3.05) is 7.11 Å². The molecule has 0 atom stereocenters. The summed E-state index contributed by atoms with van der Waals surface area (Å²) in [5.41, 5.74) is 0.206. The van der Waals surface area contributed by atoms with Crippen LogP contribution in [0.25, 0.3) is 11.3 Å². The molecule has 6 nitrogen and oxygen atoms in total. The van der Waals surface area contributed by atoms with Gasteiger partial charge in [0.15, 0.2) is 5.54 Å². The largest absolute Gasteiger partial charge is 0.496 e. The van der Waals surface area contributed by atoms with E-state index in [1.165, 1.54) is 4.68 Å². The molecule has 0 aliphatic heterocycles. The number of nitrogens with zero attached hydrogens (tertiary/aromatic N) is 3.